The second-order valence-electron chi connectivity index (χ2n) is 32.5. The molecule has 0 saturated heterocycles. The second kappa shape index (κ2) is 31.1. The van der Waals surface area contributed by atoms with E-state index in [2.05, 4.69) is 495 Å². The van der Waals surface area contributed by atoms with Gasteiger partial charge in [0.1, 0.15) is 0 Å². The molecule has 124 heavy (non-hydrogen) atoms. The number of fused-ring (bicyclic) bond motifs is 13. The van der Waals surface area contributed by atoms with E-state index in [-0.39, 0.29) is 0 Å². The summed E-state index contributed by atoms with van der Waals surface area (Å²) in [5.74, 6) is 0. The lowest BCUT2D eigenvalue weighted by molar-refractivity contribution is 0.770. The number of para-hydroxylation sites is 2. The first-order chi connectivity index (χ1) is 61.4. The Morgan fingerprint density at radius 2 is 0.468 bits per heavy atom. The molecule has 22 aromatic rings. The van der Waals surface area contributed by atoms with Crippen LogP contribution >= 0.6 is 22.7 Å². The summed E-state index contributed by atoms with van der Waals surface area (Å²) in [6, 6.07) is 179. The van der Waals surface area contributed by atoms with Gasteiger partial charge in [-0.3, -0.25) is 0 Å². The Labute approximate surface area is 730 Å². The highest BCUT2D eigenvalue weighted by Crippen LogP contribution is 2.60. The van der Waals surface area contributed by atoms with Gasteiger partial charge in [0.25, 0.3) is 0 Å². The first kappa shape index (κ1) is 73.8. The highest BCUT2D eigenvalue weighted by Gasteiger charge is 2.48. The van der Waals surface area contributed by atoms with Gasteiger partial charge in [-0.25, -0.2) is 0 Å². The minimum absolute atomic E-state index is 0.417. The van der Waals surface area contributed by atoms with Crippen LogP contribution in [0.1, 0.15) is 44.5 Å². The van der Waals surface area contributed by atoms with Crippen LogP contribution in [-0.2, 0) is 10.8 Å². The third-order valence-electron chi connectivity index (χ3n) is 25.6. The second-order valence-corrected chi connectivity index (χ2v) is 34.7. The van der Waals surface area contributed by atoms with Gasteiger partial charge in [0.2, 0.25) is 0 Å². The minimum atomic E-state index is -0.550. The standard InChI is InChI=1S/C65H43NS.C55H37NS/c1-4-17-44(18-5-1)46-23-14-24-47(37-46)49-26-16-30-55(39-49)66(54-28-8-3-9-29-54)56-34-36-59-58-35-33-53(42-63(58)67-64(59)43-56)65(52-27-15-25-48(38-52)45-19-6-2-7-20-45)61-32-13-12-31-57(61)60-40-50-21-10-11-22-51(50)41-62(60)65;1-4-16-38(17-5-1)39-18-14-19-40(34-39)41-20-15-25-45(35-41)56(44-23-8-3-9-24-44)46-31-33-53-50(37-46)49-32-30-43(36-54(49)57-53)55(42-21-6-2-7-22-42)51-28-12-10-26-47(51)48-27-11-13-29-52(48)55/h1-43H;1-37H. The smallest absolute Gasteiger partial charge is 0.0714 e. The summed E-state index contributed by atoms with van der Waals surface area (Å²) in [6.07, 6.45) is 0. The van der Waals surface area contributed by atoms with Crippen molar-refractivity contribution in [2.24, 2.45) is 0 Å². The molecule has 0 radical (unpaired) electrons. The van der Waals surface area contributed by atoms with E-state index in [9.17, 15) is 0 Å². The number of thiophene rings is 2. The molecule has 0 aliphatic heterocycles. The SMILES string of the molecule is c1ccc(-c2cccc(-c3cccc(N(c4ccccc4)c4ccc5c(c4)sc4cc(C6(c7cccc(-c8ccccc8)c7)c7ccccc7-c7cc8ccccc8cc76)ccc45)c3)c2)cc1.c1ccc(-c2cccc(-c3cccc(N(c4ccccc4)c4ccc5sc6cc(C7(c8ccccc8)c8ccccc8-c8ccccc87)ccc6c5c4)c3)c2)cc1. The van der Waals surface area contributed by atoms with Crippen molar-refractivity contribution in [3.8, 4) is 77.9 Å². The molecule has 582 valence electrons. The first-order valence-corrected chi connectivity index (χ1v) is 44.3. The van der Waals surface area contributed by atoms with Gasteiger partial charge in [-0.15, -0.1) is 22.7 Å². The molecule has 0 N–H and O–H groups in total. The monoisotopic (exact) mass is 1610 g/mol. The summed E-state index contributed by atoms with van der Waals surface area (Å²) < 4.78 is 5.12. The van der Waals surface area contributed by atoms with Gasteiger partial charge in [-0.1, -0.05) is 364 Å². The average Bonchev–Trinajstić information content (AvgIpc) is 1.54. The van der Waals surface area contributed by atoms with Crippen molar-refractivity contribution >= 4 is 108 Å². The Hall–Kier alpha value is -15.3. The quantitative estimate of drug-likeness (QED) is 0.101. The van der Waals surface area contributed by atoms with Gasteiger partial charge in [0, 0.05) is 74.5 Å². The minimum Gasteiger partial charge on any atom is -0.310 e. The van der Waals surface area contributed by atoms with Crippen LogP contribution in [0.2, 0.25) is 0 Å². The lowest BCUT2D eigenvalue weighted by Crippen LogP contribution is -2.28. The predicted octanol–water partition coefficient (Wildman–Crippen LogP) is 33.3. The van der Waals surface area contributed by atoms with Crippen LogP contribution in [0.25, 0.3) is 129 Å². The van der Waals surface area contributed by atoms with Crippen LogP contribution in [0, 0.1) is 0 Å². The van der Waals surface area contributed by atoms with E-state index in [1.165, 1.54) is 174 Å². The van der Waals surface area contributed by atoms with E-state index >= 15 is 0 Å². The number of hydrogen-bond donors (Lipinski definition) is 0. The fourth-order valence-corrected chi connectivity index (χ4v) is 22.3. The normalized spacial score (nSPS) is 13.4. The summed E-state index contributed by atoms with van der Waals surface area (Å²) in [6.45, 7) is 0. The van der Waals surface area contributed by atoms with E-state index < -0.39 is 10.8 Å². The van der Waals surface area contributed by atoms with Gasteiger partial charge >= 0.3 is 0 Å². The lowest BCUT2D eigenvalue weighted by atomic mass is 9.67. The topological polar surface area (TPSA) is 6.48 Å². The van der Waals surface area contributed by atoms with Gasteiger partial charge in [-0.05, 0) is 254 Å². The number of anilines is 6. The van der Waals surface area contributed by atoms with Crippen LogP contribution < -0.4 is 9.80 Å². The number of rotatable bonds is 15. The maximum atomic E-state index is 2.50. The van der Waals surface area contributed by atoms with Gasteiger partial charge in [0.05, 0.1) is 10.8 Å². The summed E-state index contributed by atoms with van der Waals surface area (Å²) >= 11 is 3.77. The zero-order chi connectivity index (χ0) is 82.1. The number of nitrogens with zero attached hydrogens (tertiary/aromatic N) is 2. The van der Waals surface area contributed by atoms with Crippen molar-refractivity contribution < 1.29 is 0 Å². The van der Waals surface area contributed by atoms with E-state index in [1.807, 2.05) is 22.7 Å². The molecule has 0 saturated carbocycles. The van der Waals surface area contributed by atoms with Crippen molar-refractivity contribution in [1.82, 2.24) is 0 Å². The Balaban J connectivity index is 0.000000145. The van der Waals surface area contributed by atoms with Crippen molar-refractivity contribution in [2.45, 2.75) is 10.8 Å². The molecule has 2 aromatic heterocycles. The van der Waals surface area contributed by atoms with Crippen molar-refractivity contribution in [1.29, 1.82) is 0 Å². The molecule has 1 atom stereocenters. The van der Waals surface area contributed by atoms with Crippen LogP contribution in [0.4, 0.5) is 34.1 Å². The third kappa shape index (κ3) is 12.7. The summed E-state index contributed by atoms with van der Waals surface area (Å²) in [7, 11) is 0. The molecular formula is C120H80N2S2. The van der Waals surface area contributed by atoms with E-state index in [4.69, 9.17) is 0 Å². The molecule has 20 aromatic carbocycles. The summed E-state index contributed by atoms with van der Waals surface area (Å²) in [5.41, 5.74) is 33.5. The Bertz CT molecular complexity index is 7760. The van der Waals surface area contributed by atoms with E-state index in [0.29, 0.717) is 0 Å². The zero-order valence-electron chi connectivity index (χ0n) is 67.9. The summed E-state index contributed by atoms with van der Waals surface area (Å²) in [4.78, 5) is 4.78. The molecule has 0 fully saturated rings. The third-order valence-corrected chi connectivity index (χ3v) is 27.9. The first-order valence-electron chi connectivity index (χ1n) is 42.6. The molecule has 2 heterocycles. The Morgan fingerprint density at radius 3 is 0.976 bits per heavy atom. The fraction of sp³-hybridized carbons (Fsp3) is 0.0167. The number of hydrogen-bond acceptors (Lipinski definition) is 4. The van der Waals surface area contributed by atoms with Crippen LogP contribution in [0.15, 0.2) is 485 Å². The molecule has 1 unspecified atom stereocenters. The zero-order valence-corrected chi connectivity index (χ0v) is 69.5. The molecule has 24 rings (SSSR count). The van der Waals surface area contributed by atoms with Gasteiger partial charge in [0.15, 0.2) is 0 Å². The van der Waals surface area contributed by atoms with Crippen molar-refractivity contribution in [2.75, 3.05) is 9.80 Å². The molecule has 4 heteroatoms. The number of benzene rings is 20. The van der Waals surface area contributed by atoms with Gasteiger partial charge < -0.3 is 9.80 Å². The molecule has 2 nitrogen and oxygen atoms in total. The van der Waals surface area contributed by atoms with Crippen LogP contribution in [0.5, 0.6) is 0 Å². The van der Waals surface area contributed by atoms with E-state index in [0.717, 1.165) is 34.1 Å². The van der Waals surface area contributed by atoms with Crippen molar-refractivity contribution in [3.05, 3.63) is 530 Å². The van der Waals surface area contributed by atoms with E-state index in [1.54, 1.807) is 0 Å². The molecule has 2 aliphatic rings. The highest BCUT2D eigenvalue weighted by molar-refractivity contribution is 7.26. The molecule has 0 spiro atoms. The Morgan fingerprint density at radius 1 is 0.153 bits per heavy atom. The lowest BCUT2D eigenvalue weighted by Gasteiger charge is -2.34. The largest absolute Gasteiger partial charge is 0.310 e. The average molecular weight is 1610 g/mol. The molecular weight excluding hydrogens is 1530 g/mol. The molecule has 0 bridgehead atoms. The van der Waals surface area contributed by atoms with Crippen molar-refractivity contribution in [3.63, 3.8) is 0 Å². The predicted molar refractivity (Wildman–Crippen MR) is 527 cm³/mol. The fourth-order valence-electron chi connectivity index (χ4n) is 20.0. The maximum absolute atomic E-state index is 2.50. The maximum Gasteiger partial charge on any atom is 0.0714 e. The molecule has 2 aliphatic carbocycles. The van der Waals surface area contributed by atoms with Crippen LogP contribution in [0.3, 0.4) is 0 Å². The Kier molecular flexibility index (Phi) is 18.5. The highest BCUT2D eigenvalue weighted by atomic mass is 32.1. The molecule has 0 amide bonds. The van der Waals surface area contributed by atoms with Crippen LogP contribution in [-0.4, -0.2) is 0 Å². The summed E-state index contributed by atoms with van der Waals surface area (Å²) in [5, 5.41) is 7.61. The van der Waals surface area contributed by atoms with Gasteiger partial charge in [-0.2, -0.15) is 0 Å².